The third-order valence-electron chi connectivity index (χ3n) is 4.19. The van der Waals surface area contributed by atoms with E-state index in [1.165, 1.54) is 11.3 Å². The molecule has 1 aromatic carbocycles. The van der Waals surface area contributed by atoms with Crippen molar-refractivity contribution < 1.29 is 4.79 Å². The Morgan fingerprint density at radius 3 is 2.71 bits per heavy atom. The van der Waals surface area contributed by atoms with Gasteiger partial charge in [0, 0.05) is 17.3 Å². The van der Waals surface area contributed by atoms with Gasteiger partial charge in [0.15, 0.2) is 0 Å². The van der Waals surface area contributed by atoms with Gasteiger partial charge in [-0.2, -0.15) is 5.10 Å². The zero-order valence-corrected chi connectivity index (χ0v) is 16.4. The molecule has 0 aliphatic heterocycles. The van der Waals surface area contributed by atoms with Crippen LogP contribution in [0.1, 0.15) is 17.1 Å². The number of hydrogen-bond acceptors (Lipinski definition) is 5. The van der Waals surface area contributed by atoms with Crippen LogP contribution in [0.2, 0.25) is 0 Å². The number of pyridine rings is 1. The Labute approximate surface area is 166 Å². The Hall–Kier alpha value is -3.32. The molecule has 4 rings (SSSR count). The maximum absolute atomic E-state index is 12.6. The molecular weight excluding hydrogens is 370 g/mol. The van der Waals surface area contributed by atoms with Crippen molar-refractivity contribution in [2.75, 3.05) is 5.32 Å². The molecule has 1 amide bonds. The van der Waals surface area contributed by atoms with Gasteiger partial charge >= 0.3 is 0 Å². The number of carbonyl (C=O) groups is 1. The molecule has 7 heteroatoms. The highest BCUT2D eigenvalue weighted by molar-refractivity contribution is 7.13. The second-order valence-electron chi connectivity index (χ2n) is 6.44. The van der Waals surface area contributed by atoms with Crippen molar-refractivity contribution in [3.8, 4) is 16.4 Å². The number of anilines is 1. The fourth-order valence-electron chi connectivity index (χ4n) is 2.99. The van der Waals surface area contributed by atoms with Crippen LogP contribution in [0.15, 0.2) is 60.1 Å². The Balaban J connectivity index is 1.51. The fraction of sp³-hybridized carbons (Fsp3) is 0.143. The highest BCUT2D eigenvalue weighted by Crippen LogP contribution is 2.23. The van der Waals surface area contributed by atoms with Gasteiger partial charge in [-0.15, -0.1) is 11.3 Å². The number of nitrogens with zero attached hydrogens (tertiary/aromatic N) is 4. The lowest BCUT2D eigenvalue weighted by Gasteiger charge is -2.12. The smallest absolute Gasteiger partial charge is 0.230 e. The second-order valence-corrected chi connectivity index (χ2v) is 7.30. The number of rotatable bonds is 5. The van der Waals surface area contributed by atoms with Gasteiger partial charge in [-0.05, 0) is 44.2 Å². The van der Waals surface area contributed by atoms with Crippen molar-refractivity contribution in [3.05, 3.63) is 77.2 Å². The van der Waals surface area contributed by atoms with E-state index in [2.05, 4.69) is 20.4 Å². The van der Waals surface area contributed by atoms with Crippen LogP contribution in [0.5, 0.6) is 0 Å². The molecule has 0 aliphatic carbocycles. The topological polar surface area (TPSA) is 72.7 Å². The predicted octanol–water partition coefficient (Wildman–Crippen LogP) is 4.19. The minimum atomic E-state index is -0.119. The van der Waals surface area contributed by atoms with E-state index in [-0.39, 0.29) is 12.3 Å². The van der Waals surface area contributed by atoms with E-state index in [4.69, 9.17) is 0 Å². The van der Waals surface area contributed by atoms with E-state index in [1.807, 2.05) is 72.4 Å². The van der Waals surface area contributed by atoms with Gasteiger partial charge < -0.3 is 5.32 Å². The van der Waals surface area contributed by atoms with Crippen LogP contribution in [-0.2, 0) is 11.2 Å². The summed E-state index contributed by atoms with van der Waals surface area (Å²) in [6.45, 7) is 3.94. The van der Waals surface area contributed by atoms with Crippen LogP contribution >= 0.6 is 11.3 Å². The monoisotopic (exact) mass is 389 g/mol. The van der Waals surface area contributed by atoms with Crippen molar-refractivity contribution in [2.24, 2.45) is 0 Å². The molecule has 0 spiro atoms. The van der Waals surface area contributed by atoms with E-state index in [0.29, 0.717) is 0 Å². The molecule has 0 unspecified atom stereocenters. The summed E-state index contributed by atoms with van der Waals surface area (Å²) in [5.41, 5.74) is 5.05. The Morgan fingerprint density at radius 2 is 1.96 bits per heavy atom. The summed E-state index contributed by atoms with van der Waals surface area (Å²) in [4.78, 5) is 21.4. The maximum atomic E-state index is 12.6. The lowest BCUT2D eigenvalue weighted by atomic mass is 10.2. The number of hydrogen-bond donors (Lipinski definition) is 1. The zero-order chi connectivity index (χ0) is 19.5. The molecule has 3 aromatic heterocycles. The van der Waals surface area contributed by atoms with E-state index in [0.717, 1.165) is 39.2 Å². The predicted molar refractivity (Wildman–Crippen MR) is 111 cm³/mol. The second kappa shape index (κ2) is 7.74. The first kappa shape index (κ1) is 18.1. The first-order chi connectivity index (χ1) is 13.6. The lowest BCUT2D eigenvalue weighted by molar-refractivity contribution is -0.115. The molecule has 6 nitrogen and oxygen atoms in total. The highest BCUT2D eigenvalue weighted by atomic mass is 32.1. The molecule has 28 heavy (non-hydrogen) atoms. The average molecular weight is 389 g/mol. The van der Waals surface area contributed by atoms with Crippen LogP contribution < -0.4 is 5.32 Å². The Bertz CT molecular complexity index is 1120. The number of para-hydroxylation sites is 2. The minimum absolute atomic E-state index is 0.119. The molecule has 0 aliphatic rings. The quantitative estimate of drug-likeness (QED) is 0.555. The van der Waals surface area contributed by atoms with Crippen LogP contribution in [0.25, 0.3) is 16.4 Å². The van der Waals surface area contributed by atoms with Gasteiger partial charge in [0.05, 0.1) is 34.9 Å². The molecule has 0 saturated carbocycles. The molecule has 0 saturated heterocycles. The van der Waals surface area contributed by atoms with E-state index in [1.54, 1.807) is 6.20 Å². The summed E-state index contributed by atoms with van der Waals surface area (Å²) < 4.78 is 1.84. The van der Waals surface area contributed by atoms with Gasteiger partial charge in [-0.1, -0.05) is 18.2 Å². The van der Waals surface area contributed by atoms with Crippen molar-refractivity contribution in [1.29, 1.82) is 0 Å². The third kappa shape index (κ3) is 3.84. The van der Waals surface area contributed by atoms with Crippen molar-refractivity contribution >= 4 is 22.9 Å². The molecule has 1 N–H and O–H groups in total. The molecule has 0 atom stereocenters. The molecule has 3 heterocycles. The van der Waals surface area contributed by atoms with Gasteiger partial charge in [-0.3, -0.25) is 9.78 Å². The maximum Gasteiger partial charge on any atom is 0.230 e. The van der Waals surface area contributed by atoms with Gasteiger partial charge in [0.1, 0.15) is 5.01 Å². The number of carbonyl (C=O) groups excluding carboxylic acids is 1. The van der Waals surface area contributed by atoms with Crippen LogP contribution in [0, 0.1) is 13.8 Å². The molecule has 0 radical (unpaired) electrons. The molecule has 140 valence electrons. The summed E-state index contributed by atoms with van der Waals surface area (Å²) in [7, 11) is 0. The molecule has 4 aromatic rings. The van der Waals surface area contributed by atoms with E-state index >= 15 is 0 Å². The van der Waals surface area contributed by atoms with Crippen LogP contribution in [0.4, 0.5) is 5.69 Å². The number of amides is 1. The van der Waals surface area contributed by atoms with Crippen molar-refractivity contribution in [3.63, 3.8) is 0 Å². The Morgan fingerprint density at radius 1 is 1.14 bits per heavy atom. The first-order valence-electron chi connectivity index (χ1n) is 8.88. The average Bonchev–Trinajstić information content (AvgIpc) is 3.29. The largest absolute Gasteiger partial charge is 0.324 e. The Kier molecular flexibility index (Phi) is 4.99. The summed E-state index contributed by atoms with van der Waals surface area (Å²) in [6.07, 6.45) is 1.94. The number of thiazole rings is 1. The lowest BCUT2D eigenvalue weighted by Crippen LogP contribution is -2.16. The standard InChI is InChI=1S/C21H19N5OS/c1-14-11-15(2)26(25-14)19-9-4-3-7-17(19)24-20(27)12-16-13-28-21(23-16)18-8-5-6-10-22-18/h3-11,13H,12H2,1-2H3,(H,24,27). The van der Waals surface area contributed by atoms with Crippen LogP contribution in [0.3, 0.4) is 0 Å². The van der Waals surface area contributed by atoms with E-state index < -0.39 is 0 Å². The number of nitrogens with one attached hydrogen (secondary N) is 1. The fourth-order valence-corrected chi connectivity index (χ4v) is 3.79. The highest BCUT2D eigenvalue weighted by Gasteiger charge is 2.13. The van der Waals surface area contributed by atoms with Gasteiger partial charge in [-0.25, -0.2) is 9.67 Å². The molecule has 0 fully saturated rings. The summed E-state index contributed by atoms with van der Waals surface area (Å²) in [5.74, 6) is -0.119. The van der Waals surface area contributed by atoms with E-state index in [9.17, 15) is 4.79 Å². The van der Waals surface area contributed by atoms with Crippen LogP contribution in [-0.4, -0.2) is 25.7 Å². The number of aromatic nitrogens is 4. The molecular formula is C21H19N5OS. The summed E-state index contributed by atoms with van der Waals surface area (Å²) >= 11 is 1.49. The molecule has 0 bridgehead atoms. The third-order valence-corrected chi connectivity index (χ3v) is 5.11. The normalized spacial score (nSPS) is 10.8. The first-order valence-corrected chi connectivity index (χ1v) is 9.76. The van der Waals surface area contributed by atoms with Crippen molar-refractivity contribution in [2.45, 2.75) is 20.3 Å². The number of aryl methyl sites for hydroxylation is 2. The summed E-state index contributed by atoms with van der Waals surface area (Å²) in [5, 5.41) is 10.2. The summed E-state index contributed by atoms with van der Waals surface area (Å²) in [6, 6.07) is 15.4. The van der Waals surface area contributed by atoms with Gasteiger partial charge in [0.2, 0.25) is 5.91 Å². The SMILES string of the molecule is Cc1cc(C)n(-c2ccccc2NC(=O)Cc2csc(-c3ccccn3)n2)n1. The zero-order valence-electron chi connectivity index (χ0n) is 15.6. The number of benzene rings is 1. The van der Waals surface area contributed by atoms with Crippen molar-refractivity contribution in [1.82, 2.24) is 19.7 Å². The minimum Gasteiger partial charge on any atom is -0.324 e. The van der Waals surface area contributed by atoms with Gasteiger partial charge in [0.25, 0.3) is 0 Å².